The summed E-state index contributed by atoms with van der Waals surface area (Å²) in [6.45, 7) is 1.86. The van der Waals surface area contributed by atoms with E-state index < -0.39 is 42.4 Å². The molecule has 0 spiro atoms. The third-order valence-corrected chi connectivity index (χ3v) is 6.45. The van der Waals surface area contributed by atoms with E-state index in [2.05, 4.69) is 5.32 Å². The lowest BCUT2D eigenvalue weighted by molar-refractivity contribution is -0.137. The monoisotopic (exact) mass is 563 g/mol. The molecule has 0 aromatic heterocycles. The fraction of sp³-hybridized carbons (Fsp3) is 0.444. The zero-order valence-electron chi connectivity index (χ0n) is 22.5. The summed E-state index contributed by atoms with van der Waals surface area (Å²) in [5.41, 5.74) is 17.8. The molecule has 40 heavy (non-hydrogen) atoms. The number of carbonyl (C=O) groups excluding carboxylic acids is 3. The van der Waals surface area contributed by atoms with E-state index in [0.717, 1.165) is 12.1 Å². The van der Waals surface area contributed by atoms with Crippen LogP contribution in [0.2, 0.25) is 6.82 Å². The maximum Gasteiger partial charge on any atom is 0.416 e. The standard InChI is InChI=1S/C27H37BF3N5O4/c1-28(40)21-5-3-2-4-19(21)17-24(37)23(16-18-6-8-20(9-7-18)27(29,30)31)35-26(39)22(34)10-11-25(38)36(14-12-32)15-13-33/h2-9,22-23,40H,10-17,32-34H2,1H3,(H,35,39)/t22-,23+/m0/s1. The maximum atomic E-state index is 13.4. The number of amides is 2. The van der Waals surface area contributed by atoms with E-state index in [0.29, 0.717) is 29.7 Å². The lowest BCUT2D eigenvalue weighted by Gasteiger charge is -2.23. The van der Waals surface area contributed by atoms with Gasteiger partial charge in [-0.05, 0) is 41.6 Å². The Morgan fingerprint density at radius 3 is 2.17 bits per heavy atom. The molecule has 0 saturated heterocycles. The van der Waals surface area contributed by atoms with E-state index in [1.54, 1.807) is 31.1 Å². The molecular weight excluding hydrogens is 526 g/mol. The Balaban J connectivity index is 2.19. The summed E-state index contributed by atoms with van der Waals surface area (Å²) in [7, 11) is 0. The van der Waals surface area contributed by atoms with Crippen LogP contribution in [0.5, 0.6) is 0 Å². The summed E-state index contributed by atoms with van der Waals surface area (Å²) < 4.78 is 39.0. The van der Waals surface area contributed by atoms with E-state index in [1.807, 2.05) is 0 Å². The minimum Gasteiger partial charge on any atom is -0.446 e. The summed E-state index contributed by atoms with van der Waals surface area (Å²) in [6.07, 6.45) is -4.75. The molecule has 218 valence electrons. The highest BCUT2D eigenvalue weighted by Crippen LogP contribution is 2.29. The molecule has 2 amide bonds. The number of alkyl halides is 3. The quantitative estimate of drug-likeness (QED) is 0.194. The zero-order valence-corrected chi connectivity index (χ0v) is 22.5. The fourth-order valence-corrected chi connectivity index (χ4v) is 4.24. The number of carbonyl (C=O) groups is 3. The topological polar surface area (TPSA) is 165 Å². The number of halogens is 3. The van der Waals surface area contributed by atoms with E-state index in [9.17, 15) is 32.6 Å². The van der Waals surface area contributed by atoms with Gasteiger partial charge in [0.2, 0.25) is 11.8 Å². The maximum absolute atomic E-state index is 13.4. The average molecular weight is 563 g/mol. The van der Waals surface area contributed by atoms with Crippen molar-refractivity contribution >= 4 is 30.0 Å². The number of hydrogen-bond acceptors (Lipinski definition) is 7. The van der Waals surface area contributed by atoms with E-state index >= 15 is 0 Å². The largest absolute Gasteiger partial charge is 0.446 e. The van der Waals surface area contributed by atoms with Crippen molar-refractivity contribution in [3.63, 3.8) is 0 Å². The second-order valence-electron chi connectivity index (χ2n) is 9.58. The second-order valence-corrected chi connectivity index (χ2v) is 9.58. The van der Waals surface area contributed by atoms with Crippen LogP contribution in [0.1, 0.15) is 29.5 Å². The number of nitrogens with two attached hydrogens (primary N) is 3. The Morgan fingerprint density at radius 2 is 1.62 bits per heavy atom. The van der Waals surface area contributed by atoms with Crippen LogP contribution in [0.4, 0.5) is 13.2 Å². The van der Waals surface area contributed by atoms with Crippen LogP contribution >= 0.6 is 0 Å². The summed E-state index contributed by atoms with van der Waals surface area (Å²) in [5.74, 6) is -1.35. The molecule has 0 fully saturated rings. The summed E-state index contributed by atoms with van der Waals surface area (Å²) >= 11 is 0. The SMILES string of the molecule is CB(O)c1ccccc1CC(=O)[C@@H](Cc1ccc(C(F)(F)F)cc1)NC(=O)[C@@H](N)CCC(=O)N(CCN)CCN. The number of benzene rings is 2. The van der Waals surface area contributed by atoms with Crippen LogP contribution < -0.4 is 28.0 Å². The molecule has 9 nitrogen and oxygen atoms in total. The molecule has 13 heteroatoms. The van der Waals surface area contributed by atoms with Crippen LogP contribution in [0, 0.1) is 0 Å². The van der Waals surface area contributed by atoms with E-state index in [1.165, 1.54) is 17.0 Å². The lowest BCUT2D eigenvalue weighted by Crippen LogP contribution is -2.50. The van der Waals surface area contributed by atoms with Gasteiger partial charge in [-0.2, -0.15) is 13.2 Å². The lowest BCUT2D eigenvalue weighted by atomic mass is 9.62. The summed E-state index contributed by atoms with van der Waals surface area (Å²) in [4.78, 5) is 40.3. The third kappa shape index (κ3) is 10.0. The normalized spacial score (nSPS) is 12.9. The number of hydrogen-bond donors (Lipinski definition) is 5. The van der Waals surface area contributed by atoms with Crippen molar-refractivity contribution in [2.45, 2.75) is 50.8 Å². The van der Waals surface area contributed by atoms with Crippen molar-refractivity contribution in [2.24, 2.45) is 17.2 Å². The van der Waals surface area contributed by atoms with Crippen molar-refractivity contribution in [1.29, 1.82) is 0 Å². The highest BCUT2D eigenvalue weighted by atomic mass is 19.4. The van der Waals surface area contributed by atoms with Gasteiger partial charge in [0.05, 0.1) is 17.6 Å². The predicted molar refractivity (Wildman–Crippen MR) is 148 cm³/mol. The van der Waals surface area contributed by atoms with Gasteiger partial charge in [-0.1, -0.05) is 43.2 Å². The van der Waals surface area contributed by atoms with Gasteiger partial charge in [-0.25, -0.2) is 0 Å². The molecule has 2 aromatic rings. The van der Waals surface area contributed by atoms with Crippen LogP contribution in [-0.4, -0.2) is 72.7 Å². The van der Waals surface area contributed by atoms with Gasteiger partial charge in [0.25, 0.3) is 0 Å². The molecule has 0 bridgehead atoms. The Labute approximate surface area is 232 Å². The average Bonchev–Trinajstić information content (AvgIpc) is 2.90. The minimum absolute atomic E-state index is 0.00234. The molecular formula is C27H37BF3N5O4. The number of nitrogens with one attached hydrogen (secondary N) is 1. The Hall–Kier alpha value is -3.26. The first-order valence-electron chi connectivity index (χ1n) is 13.1. The Morgan fingerprint density at radius 1 is 1.02 bits per heavy atom. The van der Waals surface area contributed by atoms with Gasteiger partial charge < -0.3 is 32.4 Å². The Bertz CT molecular complexity index is 1130. The number of ketones is 1. The van der Waals surface area contributed by atoms with Crippen LogP contribution in [0.3, 0.4) is 0 Å². The molecule has 8 N–H and O–H groups in total. The van der Waals surface area contributed by atoms with Gasteiger partial charge in [0, 0.05) is 39.0 Å². The van der Waals surface area contributed by atoms with Crippen molar-refractivity contribution in [3.05, 3.63) is 65.2 Å². The van der Waals surface area contributed by atoms with Gasteiger partial charge in [-0.3, -0.25) is 14.4 Å². The first-order valence-corrected chi connectivity index (χ1v) is 13.1. The van der Waals surface area contributed by atoms with Crippen LogP contribution in [-0.2, 0) is 33.4 Å². The zero-order chi connectivity index (χ0) is 29.9. The van der Waals surface area contributed by atoms with E-state index in [-0.39, 0.29) is 44.7 Å². The predicted octanol–water partition coefficient (Wildman–Crippen LogP) is 0.219. The number of nitrogens with zero attached hydrogens (tertiary/aromatic N) is 1. The fourth-order valence-electron chi connectivity index (χ4n) is 4.24. The summed E-state index contributed by atoms with van der Waals surface area (Å²) in [5, 5.41) is 12.7. The molecule has 2 aromatic carbocycles. The van der Waals surface area contributed by atoms with Crippen LogP contribution in [0.15, 0.2) is 48.5 Å². The first kappa shape index (κ1) is 33.0. The molecule has 0 aliphatic rings. The molecule has 0 aliphatic heterocycles. The molecule has 2 rings (SSSR count). The molecule has 0 aliphatic carbocycles. The highest BCUT2D eigenvalue weighted by molar-refractivity contribution is 6.65. The van der Waals surface area contributed by atoms with Crippen molar-refractivity contribution in [3.8, 4) is 0 Å². The third-order valence-electron chi connectivity index (χ3n) is 6.45. The van der Waals surface area contributed by atoms with Crippen LogP contribution in [0.25, 0.3) is 0 Å². The Kier molecular flexibility index (Phi) is 12.8. The van der Waals surface area contributed by atoms with Crippen molar-refractivity contribution in [2.75, 3.05) is 26.2 Å². The number of rotatable bonds is 15. The highest BCUT2D eigenvalue weighted by Gasteiger charge is 2.31. The van der Waals surface area contributed by atoms with Crippen molar-refractivity contribution in [1.82, 2.24) is 10.2 Å². The van der Waals surface area contributed by atoms with Gasteiger partial charge in [-0.15, -0.1) is 0 Å². The van der Waals surface area contributed by atoms with Gasteiger partial charge >= 0.3 is 13.1 Å². The summed E-state index contributed by atoms with van der Waals surface area (Å²) in [6, 6.07) is 8.89. The smallest absolute Gasteiger partial charge is 0.416 e. The van der Waals surface area contributed by atoms with Crippen molar-refractivity contribution < 1.29 is 32.6 Å². The molecule has 0 heterocycles. The second kappa shape index (κ2) is 15.5. The van der Waals surface area contributed by atoms with Gasteiger partial charge in [0.15, 0.2) is 5.78 Å². The first-order chi connectivity index (χ1) is 18.9. The van der Waals surface area contributed by atoms with Gasteiger partial charge in [0.1, 0.15) is 0 Å². The molecule has 0 radical (unpaired) electrons. The number of Topliss-reactive ketones (excluding diaryl/α,β-unsaturated/α-hetero) is 1. The molecule has 0 unspecified atom stereocenters. The molecule has 2 atom stereocenters. The molecule has 0 saturated carbocycles. The minimum atomic E-state index is -4.51. The van der Waals surface area contributed by atoms with E-state index in [4.69, 9.17) is 17.2 Å².